The Hall–Kier alpha value is -1.92. The molecule has 174 valence electrons. The van der Waals surface area contributed by atoms with E-state index in [-0.39, 0.29) is 11.9 Å². The van der Waals surface area contributed by atoms with Crippen LogP contribution in [0.4, 0.5) is 0 Å². The fraction of sp³-hybridized carbons (Fsp3) is 0.692. The highest BCUT2D eigenvalue weighted by Gasteiger charge is 2.37. The van der Waals surface area contributed by atoms with E-state index < -0.39 is 0 Å². The molecular weight excluding hydrogens is 398 g/mol. The Morgan fingerprint density at radius 3 is 2.38 bits per heavy atom. The number of hydrogen-bond acceptors (Lipinski definition) is 4. The minimum absolute atomic E-state index is 0.138. The number of imidazole rings is 1. The van der Waals surface area contributed by atoms with Crippen LogP contribution in [0.15, 0.2) is 18.2 Å². The number of aryl methyl sites for hydroxylation is 1. The summed E-state index contributed by atoms with van der Waals surface area (Å²) in [6.07, 6.45) is 9.71. The summed E-state index contributed by atoms with van der Waals surface area (Å²) in [6, 6.07) is 8.09. The molecule has 0 bridgehead atoms. The highest BCUT2D eigenvalue weighted by atomic mass is 16.2. The molecule has 2 atom stereocenters. The van der Waals surface area contributed by atoms with Crippen molar-refractivity contribution in [1.29, 1.82) is 0 Å². The molecule has 1 aromatic carbocycles. The summed E-state index contributed by atoms with van der Waals surface area (Å²) in [5.41, 5.74) is 2.89. The lowest BCUT2D eigenvalue weighted by molar-refractivity contribution is 0.0278. The fourth-order valence-corrected chi connectivity index (χ4v) is 6.19. The zero-order valence-electron chi connectivity index (χ0n) is 20.3. The van der Waals surface area contributed by atoms with Crippen molar-refractivity contribution in [1.82, 2.24) is 24.3 Å². The van der Waals surface area contributed by atoms with Gasteiger partial charge in [-0.2, -0.15) is 0 Å². The molecule has 1 aliphatic heterocycles. The largest absolute Gasteiger partial charge is 0.337 e. The van der Waals surface area contributed by atoms with E-state index in [1.54, 1.807) is 0 Å². The van der Waals surface area contributed by atoms with E-state index in [0.29, 0.717) is 18.1 Å². The van der Waals surface area contributed by atoms with Crippen molar-refractivity contribution in [2.45, 2.75) is 82.5 Å². The first-order valence-corrected chi connectivity index (χ1v) is 12.6. The van der Waals surface area contributed by atoms with Gasteiger partial charge in [-0.25, -0.2) is 4.98 Å². The molecule has 2 heterocycles. The van der Waals surface area contributed by atoms with E-state index in [9.17, 15) is 4.79 Å². The van der Waals surface area contributed by atoms with Gasteiger partial charge < -0.3 is 14.4 Å². The molecule has 3 aliphatic rings. The Morgan fingerprint density at radius 1 is 1.00 bits per heavy atom. The lowest BCUT2D eigenvalue weighted by atomic mass is 9.86. The van der Waals surface area contributed by atoms with E-state index in [1.165, 1.54) is 63.6 Å². The van der Waals surface area contributed by atoms with E-state index in [0.717, 1.165) is 23.3 Å². The van der Waals surface area contributed by atoms with Gasteiger partial charge in [0.25, 0.3) is 5.91 Å². The van der Waals surface area contributed by atoms with Crippen LogP contribution < -0.4 is 0 Å². The van der Waals surface area contributed by atoms with Crippen molar-refractivity contribution < 1.29 is 4.79 Å². The van der Waals surface area contributed by atoms with Crippen molar-refractivity contribution in [2.24, 2.45) is 0 Å². The second-order valence-corrected chi connectivity index (χ2v) is 10.5. The number of hydrogen-bond donors (Lipinski definition) is 0. The van der Waals surface area contributed by atoms with E-state index in [1.807, 2.05) is 24.1 Å². The van der Waals surface area contributed by atoms with Crippen molar-refractivity contribution in [2.75, 3.05) is 34.2 Å². The molecule has 0 spiro atoms. The minimum Gasteiger partial charge on any atom is -0.337 e. The van der Waals surface area contributed by atoms with Crippen molar-refractivity contribution in [3.8, 4) is 0 Å². The maximum atomic E-state index is 13.6. The Labute approximate surface area is 192 Å². The normalized spacial score (nSPS) is 25.5. The van der Waals surface area contributed by atoms with E-state index in [4.69, 9.17) is 4.98 Å². The Morgan fingerprint density at radius 2 is 1.69 bits per heavy atom. The van der Waals surface area contributed by atoms with Gasteiger partial charge in [-0.05, 0) is 90.8 Å². The molecule has 0 radical (unpaired) electrons. The zero-order chi connectivity index (χ0) is 22.4. The summed E-state index contributed by atoms with van der Waals surface area (Å²) in [4.78, 5) is 25.4. The molecule has 2 unspecified atom stereocenters. The molecule has 1 aromatic heterocycles. The van der Waals surface area contributed by atoms with E-state index >= 15 is 0 Å². The van der Waals surface area contributed by atoms with Gasteiger partial charge in [0.2, 0.25) is 0 Å². The van der Waals surface area contributed by atoms with Crippen molar-refractivity contribution in [3.63, 3.8) is 0 Å². The van der Waals surface area contributed by atoms with Crippen LogP contribution in [0, 0.1) is 6.92 Å². The highest BCUT2D eigenvalue weighted by molar-refractivity contribution is 5.97. The van der Waals surface area contributed by atoms with Crippen LogP contribution in [-0.4, -0.2) is 82.5 Å². The van der Waals surface area contributed by atoms with E-state index in [2.05, 4.69) is 41.5 Å². The quantitative estimate of drug-likeness (QED) is 0.707. The second-order valence-electron chi connectivity index (χ2n) is 10.5. The third-order valence-electron chi connectivity index (χ3n) is 8.32. The lowest BCUT2D eigenvalue weighted by Gasteiger charge is -2.46. The molecular formula is C26H39N5O. The number of nitrogens with zero attached hydrogens (tertiary/aromatic N) is 5. The Bertz CT molecular complexity index is 972. The first-order chi connectivity index (χ1) is 15.4. The van der Waals surface area contributed by atoms with Gasteiger partial charge in [-0.3, -0.25) is 9.69 Å². The monoisotopic (exact) mass is 437 g/mol. The minimum atomic E-state index is 0.138. The highest BCUT2D eigenvalue weighted by Crippen LogP contribution is 2.38. The topological polar surface area (TPSA) is 44.6 Å². The molecule has 2 aromatic rings. The number of carbonyl (C=O) groups is 1. The van der Waals surface area contributed by atoms with Gasteiger partial charge in [-0.15, -0.1) is 0 Å². The van der Waals surface area contributed by atoms with Crippen LogP contribution in [0.25, 0.3) is 11.0 Å². The molecule has 2 saturated carbocycles. The molecule has 2 aliphatic carbocycles. The summed E-state index contributed by atoms with van der Waals surface area (Å²) in [5, 5.41) is 0. The lowest BCUT2D eigenvalue weighted by Crippen LogP contribution is -2.56. The van der Waals surface area contributed by atoms with Gasteiger partial charge in [0, 0.05) is 36.8 Å². The Balaban J connectivity index is 1.34. The molecule has 0 N–H and O–H groups in total. The number of fused-ring (bicyclic) bond motifs is 1. The van der Waals surface area contributed by atoms with Crippen LogP contribution in [0.2, 0.25) is 0 Å². The molecule has 6 nitrogen and oxygen atoms in total. The van der Waals surface area contributed by atoms with Gasteiger partial charge >= 0.3 is 0 Å². The van der Waals surface area contributed by atoms with Crippen LogP contribution in [-0.2, 0) is 0 Å². The third-order valence-corrected chi connectivity index (χ3v) is 8.32. The average molecular weight is 438 g/mol. The summed E-state index contributed by atoms with van der Waals surface area (Å²) < 4.78 is 2.35. The first-order valence-electron chi connectivity index (χ1n) is 12.6. The molecule has 3 fully saturated rings. The van der Waals surface area contributed by atoms with Crippen LogP contribution in [0.1, 0.15) is 73.6 Å². The number of amides is 1. The number of likely N-dealkylation sites (N-methyl/N-ethyl adjacent to an activating group) is 2. The molecule has 5 rings (SSSR count). The van der Waals surface area contributed by atoms with Gasteiger partial charge in [0.1, 0.15) is 5.82 Å². The molecule has 1 saturated heterocycles. The van der Waals surface area contributed by atoms with Crippen molar-refractivity contribution in [3.05, 3.63) is 29.6 Å². The molecule has 1 amide bonds. The Kier molecular flexibility index (Phi) is 6.01. The third kappa shape index (κ3) is 4.08. The number of likely N-dealkylation sites (tertiary alicyclic amines) is 1. The van der Waals surface area contributed by atoms with Crippen molar-refractivity contribution >= 4 is 16.9 Å². The predicted molar refractivity (Wildman–Crippen MR) is 129 cm³/mol. The SMILES string of the molecule is Cc1nc2cc(C(=O)N(C)C3CCCCC3N(C)C3CCN(C)CC3)ccc2n1C1CC1. The fourth-order valence-electron chi connectivity index (χ4n) is 6.19. The zero-order valence-corrected chi connectivity index (χ0v) is 20.3. The van der Waals surface area contributed by atoms with Gasteiger partial charge in [0.05, 0.1) is 11.0 Å². The summed E-state index contributed by atoms with van der Waals surface area (Å²) in [6.45, 7) is 4.43. The maximum Gasteiger partial charge on any atom is 0.253 e. The number of benzene rings is 1. The van der Waals surface area contributed by atoms with Crippen LogP contribution in [0.5, 0.6) is 0 Å². The van der Waals surface area contributed by atoms with Crippen LogP contribution >= 0.6 is 0 Å². The van der Waals surface area contributed by atoms with Crippen LogP contribution in [0.3, 0.4) is 0 Å². The second kappa shape index (κ2) is 8.79. The number of aromatic nitrogens is 2. The standard InChI is InChI=1S/C26H39N5O/c1-18-27-22-17-19(9-12-23(22)31(18)21-10-11-21)26(32)30(4)25-8-6-5-7-24(25)29(3)20-13-15-28(2)16-14-20/h9,12,17,20-21,24-25H,5-8,10-11,13-16H2,1-4H3. The summed E-state index contributed by atoms with van der Waals surface area (Å²) in [7, 11) is 6.54. The summed E-state index contributed by atoms with van der Waals surface area (Å²) >= 11 is 0. The maximum absolute atomic E-state index is 13.6. The summed E-state index contributed by atoms with van der Waals surface area (Å²) in [5.74, 6) is 1.20. The predicted octanol–water partition coefficient (Wildman–Crippen LogP) is 4.09. The number of piperidine rings is 1. The number of rotatable bonds is 5. The number of carbonyl (C=O) groups excluding carboxylic acids is 1. The average Bonchev–Trinajstić information content (AvgIpc) is 3.59. The van der Waals surface area contributed by atoms with Gasteiger partial charge in [0.15, 0.2) is 0 Å². The first kappa shape index (κ1) is 21.9. The van der Waals surface area contributed by atoms with Gasteiger partial charge in [-0.1, -0.05) is 12.8 Å². The smallest absolute Gasteiger partial charge is 0.253 e. The molecule has 6 heteroatoms. The molecule has 32 heavy (non-hydrogen) atoms.